The Morgan fingerprint density at radius 2 is 1.62 bits per heavy atom. The van der Waals surface area contributed by atoms with Crippen molar-refractivity contribution < 1.29 is 9.57 Å². The molecule has 7 rings (SSSR count). The Morgan fingerprint density at radius 1 is 0.897 bits per heavy atom. The topological polar surface area (TPSA) is 91.7 Å². The second-order valence-corrected chi connectivity index (χ2v) is 9.18. The molecule has 0 saturated heterocycles. The van der Waals surface area contributed by atoms with E-state index in [-0.39, 0.29) is 12.5 Å². The summed E-state index contributed by atoms with van der Waals surface area (Å²) < 4.78 is 9.96. The van der Waals surface area contributed by atoms with Gasteiger partial charge in [0.1, 0.15) is 6.33 Å². The molecule has 0 saturated carbocycles. The summed E-state index contributed by atoms with van der Waals surface area (Å²) in [5.74, 6) is 1.41. The molecule has 0 amide bonds. The van der Waals surface area contributed by atoms with Gasteiger partial charge >= 0.3 is 0 Å². The molecular weight excluding hydrogens is 490 g/mol. The zero-order valence-electron chi connectivity index (χ0n) is 21.0. The molecule has 3 aromatic heterocycles. The van der Waals surface area contributed by atoms with Gasteiger partial charge in [0.2, 0.25) is 11.8 Å². The Labute approximate surface area is 224 Å². The average molecular weight is 514 g/mol. The van der Waals surface area contributed by atoms with Gasteiger partial charge in [-0.3, -0.25) is 0 Å². The molecule has 6 aromatic rings. The lowest BCUT2D eigenvalue weighted by Crippen LogP contribution is -2.16. The summed E-state index contributed by atoms with van der Waals surface area (Å²) in [5.41, 5.74) is 6.27. The molecule has 3 aromatic carbocycles. The van der Waals surface area contributed by atoms with Gasteiger partial charge in [0.25, 0.3) is 0 Å². The van der Waals surface area contributed by atoms with Crippen LogP contribution in [0, 0.1) is 6.92 Å². The van der Waals surface area contributed by atoms with Gasteiger partial charge in [-0.15, -0.1) is 5.10 Å². The molecule has 9 nitrogen and oxygen atoms in total. The quantitative estimate of drug-likeness (QED) is 0.217. The van der Waals surface area contributed by atoms with Crippen molar-refractivity contribution in [1.82, 2.24) is 29.4 Å². The molecule has 1 aliphatic rings. The third-order valence-electron chi connectivity index (χ3n) is 6.67. The molecule has 1 aliphatic heterocycles. The summed E-state index contributed by atoms with van der Waals surface area (Å²) in [6.07, 6.45) is 3.27. The van der Waals surface area contributed by atoms with Gasteiger partial charge in [-0.2, -0.15) is 5.10 Å². The minimum atomic E-state index is -0.201. The van der Waals surface area contributed by atoms with Crippen LogP contribution in [0.1, 0.15) is 39.7 Å². The standard InChI is InChI=1S/C30H23N7O2/c1-20-25-26(22-13-7-3-8-14-22)27-28-33-24(18-38-32-17-21-11-5-2-6-12-21)35-36(28)19-31-29(27)39-30(25)37(34-20)23-15-9-4-10-16-23/h2-17,19,26H,18H2,1H3/b32-17+. The van der Waals surface area contributed by atoms with E-state index in [1.165, 1.54) is 0 Å². The van der Waals surface area contributed by atoms with Crippen molar-refractivity contribution in [3.8, 4) is 17.4 Å². The maximum atomic E-state index is 6.45. The summed E-state index contributed by atoms with van der Waals surface area (Å²) >= 11 is 0. The second kappa shape index (κ2) is 9.53. The molecule has 39 heavy (non-hydrogen) atoms. The fourth-order valence-electron chi connectivity index (χ4n) is 4.94. The summed E-state index contributed by atoms with van der Waals surface area (Å²) in [5, 5.41) is 13.5. The molecule has 0 bridgehead atoms. The molecule has 0 fully saturated rings. The second-order valence-electron chi connectivity index (χ2n) is 9.18. The van der Waals surface area contributed by atoms with Crippen molar-refractivity contribution in [3.63, 3.8) is 0 Å². The van der Waals surface area contributed by atoms with Gasteiger partial charge in [-0.05, 0) is 30.2 Å². The lowest BCUT2D eigenvalue weighted by molar-refractivity contribution is 0.126. The van der Waals surface area contributed by atoms with Crippen molar-refractivity contribution in [3.05, 3.63) is 131 Å². The van der Waals surface area contributed by atoms with E-state index in [0.717, 1.165) is 33.6 Å². The van der Waals surface area contributed by atoms with Crippen LogP contribution in [0.2, 0.25) is 0 Å². The maximum Gasteiger partial charge on any atom is 0.230 e. The van der Waals surface area contributed by atoms with Gasteiger partial charge in [-0.25, -0.2) is 19.2 Å². The molecule has 4 heterocycles. The summed E-state index contributed by atoms with van der Waals surface area (Å²) in [6.45, 7) is 2.12. The number of benzene rings is 3. The molecule has 0 spiro atoms. The number of ether oxygens (including phenoxy) is 1. The Morgan fingerprint density at radius 3 is 2.38 bits per heavy atom. The highest BCUT2D eigenvalue weighted by Crippen LogP contribution is 2.49. The van der Waals surface area contributed by atoms with Crippen molar-refractivity contribution in [2.45, 2.75) is 19.4 Å². The summed E-state index contributed by atoms with van der Waals surface area (Å²) in [4.78, 5) is 15.0. The number of rotatable bonds is 6. The molecule has 9 heteroatoms. The first-order chi connectivity index (χ1) is 19.3. The van der Waals surface area contributed by atoms with E-state index in [1.54, 1.807) is 17.1 Å². The van der Waals surface area contributed by atoms with Crippen LogP contribution in [0.5, 0.6) is 11.8 Å². The highest BCUT2D eigenvalue weighted by molar-refractivity contribution is 5.78. The van der Waals surface area contributed by atoms with Crippen LogP contribution in [0.25, 0.3) is 11.3 Å². The minimum absolute atomic E-state index is 0.118. The zero-order chi connectivity index (χ0) is 26.2. The smallest absolute Gasteiger partial charge is 0.230 e. The number of fused-ring (bicyclic) bond motifs is 4. The Kier molecular flexibility index (Phi) is 5.59. The van der Waals surface area contributed by atoms with Crippen molar-refractivity contribution in [1.29, 1.82) is 0 Å². The molecule has 1 unspecified atom stereocenters. The van der Waals surface area contributed by atoms with Crippen LogP contribution in [0.15, 0.2) is 102 Å². The largest absolute Gasteiger partial charge is 0.420 e. The predicted octanol–water partition coefficient (Wildman–Crippen LogP) is 5.46. The van der Waals surface area contributed by atoms with Gasteiger partial charge in [0.15, 0.2) is 18.1 Å². The Bertz CT molecular complexity index is 1800. The Balaban J connectivity index is 1.31. The number of aromatic nitrogens is 6. The molecule has 0 radical (unpaired) electrons. The predicted molar refractivity (Wildman–Crippen MR) is 145 cm³/mol. The normalized spacial score (nSPS) is 14.2. The molecule has 190 valence electrons. The highest BCUT2D eigenvalue weighted by atomic mass is 16.6. The third kappa shape index (κ3) is 4.10. The highest BCUT2D eigenvalue weighted by Gasteiger charge is 2.38. The van der Waals surface area contributed by atoms with Crippen LogP contribution in [-0.2, 0) is 11.4 Å². The van der Waals surface area contributed by atoms with Crippen LogP contribution >= 0.6 is 0 Å². The van der Waals surface area contributed by atoms with E-state index in [2.05, 4.69) is 27.4 Å². The fraction of sp³-hybridized carbons (Fsp3) is 0.100. The van der Waals surface area contributed by atoms with E-state index in [9.17, 15) is 0 Å². The SMILES string of the molecule is Cc1nn(-c2ccccc2)c2c1C(c1ccccc1)c1c(ncn3nc(CO/N=C/c4ccccc4)nc13)O2. The number of hydrogen-bond donors (Lipinski definition) is 0. The van der Waals surface area contributed by atoms with E-state index < -0.39 is 0 Å². The molecule has 0 aliphatic carbocycles. The summed E-state index contributed by atoms with van der Waals surface area (Å²) in [6, 6.07) is 30.0. The molecular formula is C30H23N7O2. The first kappa shape index (κ1) is 22.9. The van der Waals surface area contributed by atoms with Crippen LogP contribution in [0.3, 0.4) is 0 Å². The zero-order valence-corrected chi connectivity index (χ0v) is 21.0. The van der Waals surface area contributed by atoms with E-state index >= 15 is 0 Å². The number of hydrogen-bond acceptors (Lipinski definition) is 7. The number of oxime groups is 1. The lowest BCUT2D eigenvalue weighted by Gasteiger charge is -2.26. The van der Waals surface area contributed by atoms with E-state index in [0.29, 0.717) is 23.2 Å². The number of aryl methyl sites for hydroxylation is 1. The van der Waals surface area contributed by atoms with Crippen molar-refractivity contribution in [2.75, 3.05) is 0 Å². The van der Waals surface area contributed by atoms with Crippen LogP contribution in [-0.4, -0.2) is 35.6 Å². The van der Waals surface area contributed by atoms with Gasteiger partial charge in [0, 0.05) is 0 Å². The van der Waals surface area contributed by atoms with Gasteiger partial charge in [0.05, 0.1) is 34.6 Å². The summed E-state index contributed by atoms with van der Waals surface area (Å²) in [7, 11) is 0. The fourth-order valence-corrected chi connectivity index (χ4v) is 4.94. The molecule has 0 N–H and O–H groups in total. The monoisotopic (exact) mass is 513 g/mol. The Hall–Kier alpha value is -5.31. The molecule has 1 atom stereocenters. The average Bonchev–Trinajstić information content (AvgIpc) is 3.56. The third-order valence-corrected chi connectivity index (χ3v) is 6.67. The van der Waals surface area contributed by atoms with E-state index in [4.69, 9.17) is 19.7 Å². The van der Waals surface area contributed by atoms with Crippen LogP contribution < -0.4 is 4.74 Å². The lowest BCUT2D eigenvalue weighted by atomic mass is 9.84. The van der Waals surface area contributed by atoms with Crippen molar-refractivity contribution >= 4 is 11.9 Å². The minimum Gasteiger partial charge on any atom is -0.420 e. The first-order valence-corrected chi connectivity index (χ1v) is 12.6. The van der Waals surface area contributed by atoms with Crippen molar-refractivity contribution in [2.24, 2.45) is 5.16 Å². The maximum absolute atomic E-state index is 6.45. The van der Waals surface area contributed by atoms with Gasteiger partial charge in [-0.1, -0.05) is 84.0 Å². The number of para-hydroxylation sites is 1. The first-order valence-electron chi connectivity index (χ1n) is 12.6. The van der Waals surface area contributed by atoms with E-state index in [1.807, 2.05) is 90.5 Å². The number of nitrogens with zero attached hydrogens (tertiary/aromatic N) is 7. The van der Waals surface area contributed by atoms with Gasteiger partial charge < -0.3 is 9.57 Å². The van der Waals surface area contributed by atoms with Crippen LogP contribution in [0.4, 0.5) is 0 Å².